The molecule has 0 fully saturated rings. The van der Waals surface area contributed by atoms with Crippen LogP contribution in [0.4, 0.5) is 0 Å². The molecule has 1 aromatic heterocycles. The van der Waals surface area contributed by atoms with E-state index in [9.17, 15) is 4.79 Å². The number of halogens is 1. The third-order valence-electron chi connectivity index (χ3n) is 3.80. The molecule has 0 aliphatic heterocycles. The van der Waals surface area contributed by atoms with E-state index in [1.54, 1.807) is 37.9 Å². The summed E-state index contributed by atoms with van der Waals surface area (Å²) in [6.07, 6.45) is 4.67. The number of hydrogen-bond acceptors (Lipinski definition) is 5. The van der Waals surface area contributed by atoms with E-state index in [0.717, 1.165) is 14.7 Å². The fraction of sp³-hybridized carbons (Fsp3) is 0.0952. The smallest absolute Gasteiger partial charge is 0.271 e. The molecule has 0 atom stereocenters. The zero-order valence-corrected chi connectivity index (χ0v) is 17.3. The maximum absolute atomic E-state index is 12.0. The lowest BCUT2D eigenvalue weighted by molar-refractivity contribution is 0.0955. The van der Waals surface area contributed by atoms with Crippen LogP contribution in [0.2, 0.25) is 0 Å². The number of benzene rings is 2. The van der Waals surface area contributed by atoms with Gasteiger partial charge in [0.1, 0.15) is 6.61 Å². The Labute approximate surface area is 176 Å². The Morgan fingerprint density at radius 2 is 1.93 bits per heavy atom. The minimum Gasteiger partial charge on any atom is -0.493 e. The minimum absolute atomic E-state index is 0.303. The molecular weight excluding hydrogens is 469 g/mol. The quantitative estimate of drug-likeness (QED) is 0.310. The van der Waals surface area contributed by atoms with Crippen molar-refractivity contribution in [1.82, 2.24) is 10.4 Å². The molecule has 6 nitrogen and oxygen atoms in total. The Hall–Kier alpha value is -2.94. The van der Waals surface area contributed by atoms with Crippen molar-refractivity contribution in [2.45, 2.75) is 6.61 Å². The Kier molecular flexibility index (Phi) is 6.96. The number of aromatic nitrogens is 1. The van der Waals surface area contributed by atoms with Gasteiger partial charge in [0, 0.05) is 18.0 Å². The fourth-order valence-corrected chi connectivity index (χ4v) is 3.20. The van der Waals surface area contributed by atoms with Gasteiger partial charge in [0.05, 0.1) is 16.9 Å². The number of carbonyl (C=O) groups excluding carboxylic acids is 1. The van der Waals surface area contributed by atoms with E-state index in [4.69, 9.17) is 9.47 Å². The standard InChI is InChI=1S/C21H18IN3O3/c1-27-19-12-16(13-24-25-21(26)17-7-9-23-10-8-17)11-18(22)20(19)28-14-15-5-3-2-4-6-15/h2-13H,14H2,1H3,(H,25,26)/b24-13-. The highest BCUT2D eigenvalue weighted by Crippen LogP contribution is 2.34. The number of pyridine rings is 1. The van der Waals surface area contributed by atoms with E-state index in [1.165, 1.54) is 0 Å². The molecule has 0 unspecified atom stereocenters. The summed E-state index contributed by atoms with van der Waals surface area (Å²) >= 11 is 2.19. The van der Waals surface area contributed by atoms with E-state index in [-0.39, 0.29) is 5.91 Å². The van der Waals surface area contributed by atoms with Crippen LogP contribution < -0.4 is 14.9 Å². The van der Waals surface area contributed by atoms with Crippen LogP contribution in [0.3, 0.4) is 0 Å². The Balaban J connectivity index is 1.69. The fourth-order valence-electron chi connectivity index (χ4n) is 2.42. The van der Waals surface area contributed by atoms with Gasteiger partial charge in [-0.25, -0.2) is 5.43 Å². The molecule has 3 aromatic rings. The second-order valence-electron chi connectivity index (χ2n) is 5.74. The molecule has 1 amide bonds. The number of ether oxygens (including phenoxy) is 2. The van der Waals surface area contributed by atoms with Crippen molar-refractivity contribution in [3.63, 3.8) is 0 Å². The van der Waals surface area contributed by atoms with E-state index in [1.807, 2.05) is 42.5 Å². The number of nitrogens with one attached hydrogen (secondary N) is 1. The second-order valence-corrected chi connectivity index (χ2v) is 6.91. The molecule has 2 aromatic carbocycles. The lowest BCUT2D eigenvalue weighted by Crippen LogP contribution is -2.17. The molecular formula is C21H18IN3O3. The average molecular weight is 487 g/mol. The number of nitrogens with zero attached hydrogens (tertiary/aromatic N) is 2. The summed E-state index contributed by atoms with van der Waals surface area (Å²) in [5, 5.41) is 4.01. The Morgan fingerprint density at radius 1 is 1.18 bits per heavy atom. The first-order valence-corrected chi connectivity index (χ1v) is 9.53. The first-order valence-electron chi connectivity index (χ1n) is 8.45. The van der Waals surface area contributed by atoms with Crippen molar-refractivity contribution < 1.29 is 14.3 Å². The Morgan fingerprint density at radius 3 is 2.64 bits per heavy atom. The molecule has 0 saturated heterocycles. The third-order valence-corrected chi connectivity index (χ3v) is 4.60. The van der Waals surface area contributed by atoms with Crippen LogP contribution in [-0.2, 0) is 6.61 Å². The zero-order valence-electron chi connectivity index (χ0n) is 15.1. The van der Waals surface area contributed by atoms with Crippen LogP contribution in [0.5, 0.6) is 11.5 Å². The summed E-state index contributed by atoms with van der Waals surface area (Å²) in [5.41, 5.74) is 4.84. The predicted molar refractivity (Wildman–Crippen MR) is 116 cm³/mol. The van der Waals surface area contributed by atoms with Crippen LogP contribution >= 0.6 is 22.6 Å². The molecule has 1 N–H and O–H groups in total. The molecule has 142 valence electrons. The van der Waals surface area contributed by atoms with Crippen molar-refractivity contribution in [3.05, 3.63) is 87.3 Å². The minimum atomic E-state index is -0.303. The summed E-state index contributed by atoms with van der Waals surface area (Å²) < 4.78 is 12.3. The van der Waals surface area contributed by atoms with Crippen LogP contribution in [0.15, 0.2) is 72.1 Å². The number of carbonyl (C=O) groups is 1. The summed E-state index contributed by atoms with van der Waals surface area (Å²) in [5.74, 6) is 0.970. The van der Waals surface area contributed by atoms with Crippen LogP contribution in [0.25, 0.3) is 0 Å². The maximum Gasteiger partial charge on any atom is 0.271 e. The molecule has 0 bridgehead atoms. The third kappa shape index (κ3) is 5.29. The van der Waals surface area contributed by atoms with Gasteiger partial charge in [-0.3, -0.25) is 9.78 Å². The summed E-state index contributed by atoms with van der Waals surface area (Å²) in [6.45, 7) is 0.447. The zero-order chi connectivity index (χ0) is 19.8. The summed E-state index contributed by atoms with van der Waals surface area (Å²) in [7, 11) is 1.59. The number of hydrogen-bond donors (Lipinski definition) is 1. The van der Waals surface area contributed by atoms with Crippen LogP contribution in [0.1, 0.15) is 21.5 Å². The van der Waals surface area contributed by atoms with Gasteiger partial charge in [0.25, 0.3) is 5.91 Å². The molecule has 0 radical (unpaired) electrons. The van der Waals surface area contributed by atoms with Crippen molar-refractivity contribution in [3.8, 4) is 11.5 Å². The molecule has 28 heavy (non-hydrogen) atoms. The van der Waals surface area contributed by atoms with Gasteiger partial charge in [0.15, 0.2) is 11.5 Å². The van der Waals surface area contributed by atoms with E-state index in [2.05, 4.69) is 38.1 Å². The van der Waals surface area contributed by atoms with E-state index < -0.39 is 0 Å². The first-order chi connectivity index (χ1) is 13.7. The molecule has 3 rings (SSSR count). The number of hydrazone groups is 1. The monoisotopic (exact) mass is 487 g/mol. The number of rotatable bonds is 7. The van der Waals surface area contributed by atoms with E-state index in [0.29, 0.717) is 23.7 Å². The van der Waals surface area contributed by atoms with Gasteiger partial charge in [-0.15, -0.1) is 0 Å². The molecule has 7 heteroatoms. The largest absolute Gasteiger partial charge is 0.493 e. The summed E-state index contributed by atoms with van der Waals surface area (Å²) in [4.78, 5) is 15.9. The predicted octanol–water partition coefficient (Wildman–Crippen LogP) is 4.04. The average Bonchev–Trinajstić information content (AvgIpc) is 2.74. The summed E-state index contributed by atoms with van der Waals surface area (Å²) in [6, 6.07) is 16.9. The second kappa shape index (κ2) is 9.84. The highest BCUT2D eigenvalue weighted by molar-refractivity contribution is 14.1. The molecule has 1 heterocycles. The van der Waals surface area contributed by atoms with Gasteiger partial charge in [-0.05, 0) is 58.0 Å². The van der Waals surface area contributed by atoms with Crippen LogP contribution in [-0.4, -0.2) is 24.2 Å². The highest BCUT2D eigenvalue weighted by Gasteiger charge is 2.11. The van der Waals surface area contributed by atoms with Gasteiger partial charge in [-0.2, -0.15) is 5.10 Å². The maximum atomic E-state index is 12.0. The van der Waals surface area contributed by atoms with Crippen molar-refractivity contribution in [2.75, 3.05) is 7.11 Å². The van der Waals surface area contributed by atoms with Crippen molar-refractivity contribution in [1.29, 1.82) is 0 Å². The highest BCUT2D eigenvalue weighted by atomic mass is 127. The molecule has 0 saturated carbocycles. The van der Waals surface area contributed by atoms with Crippen LogP contribution in [0, 0.1) is 3.57 Å². The van der Waals surface area contributed by atoms with Gasteiger partial charge < -0.3 is 9.47 Å². The number of amides is 1. The number of methoxy groups -OCH3 is 1. The lowest BCUT2D eigenvalue weighted by atomic mass is 10.2. The lowest BCUT2D eigenvalue weighted by Gasteiger charge is -2.13. The van der Waals surface area contributed by atoms with Gasteiger partial charge in [0.2, 0.25) is 0 Å². The topological polar surface area (TPSA) is 72.8 Å². The Bertz CT molecular complexity index is 963. The van der Waals surface area contributed by atoms with Crippen molar-refractivity contribution >= 4 is 34.7 Å². The van der Waals surface area contributed by atoms with Crippen molar-refractivity contribution in [2.24, 2.45) is 5.10 Å². The van der Waals surface area contributed by atoms with Gasteiger partial charge >= 0.3 is 0 Å². The normalized spacial score (nSPS) is 10.6. The van der Waals surface area contributed by atoms with E-state index >= 15 is 0 Å². The molecule has 0 aliphatic carbocycles. The molecule has 0 spiro atoms. The SMILES string of the molecule is COc1cc(/C=N\NC(=O)c2ccncc2)cc(I)c1OCc1ccccc1. The molecule has 0 aliphatic rings. The van der Waals surface area contributed by atoms with Gasteiger partial charge in [-0.1, -0.05) is 30.3 Å². The first kappa shape index (κ1) is 19.8.